The molecule has 15 heavy (non-hydrogen) atoms. The van der Waals surface area contributed by atoms with E-state index in [9.17, 15) is 4.39 Å². The van der Waals surface area contributed by atoms with Crippen molar-refractivity contribution in [3.8, 4) is 6.07 Å². The molecule has 1 aliphatic rings. The van der Waals surface area contributed by atoms with Gasteiger partial charge in [-0.3, -0.25) is 0 Å². The van der Waals surface area contributed by atoms with Gasteiger partial charge in [-0.15, -0.1) is 0 Å². The van der Waals surface area contributed by atoms with E-state index in [1.165, 1.54) is 6.07 Å². The Kier molecular flexibility index (Phi) is 2.98. The summed E-state index contributed by atoms with van der Waals surface area (Å²) in [6, 6.07) is 9.01. The number of nitrogens with zero attached hydrogens (tertiary/aromatic N) is 1. The third kappa shape index (κ3) is 2.16. The number of nitriles is 1. The minimum atomic E-state index is -0.186. The van der Waals surface area contributed by atoms with Gasteiger partial charge in [0.1, 0.15) is 5.82 Å². The Labute approximate surface area is 88.7 Å². The van der Waals surface area contributed by atoms with Gasteiger partial charge in [0.2, 0.25) is 0 Å². The molecule has 2 rings (SSSR count). The SMILES string of the molecule is N#CC1CCNC(c2ccccc2F)C1. The second-order valence-corrected chi connectivity index (χ2v) is 3.88. The van der Waals surface area contributed by atoms with Crippen LogP contribution in [-0.4, -0.2) is 6.54 Å². The van der Waals surface area contributed by atoms with Crippen LogP contribution in [0, 0.1) is 23.1 Å². The largest absolute Gasteiger partial charge is 0.310 e. The van der Waals surface area contributed by atoms with Gasteiger partial charge in [0, 0.05) is 17.5 Å². The number of halogens is 1. The summed E-state index contributed by atoms with van der Waals surface area (Å²) in [7, 11) is 0. The van der Waals surface area contributed by atoms with E-state index in [1.54, 1.807) is 12.1 Å². The Hall–Kier alpha value is -1.40. The topological polar surface area (TPSA) is 35.8 Å². The molecule has 78 valence electrons. The summed E-state index contributed by atoms with van der Waals surface area (Å²) < 4.78 is 13.5. The Balaban J connectivity index is 2.18. The van der Waals surface area contributed by atoms with E-state index in [0.29, 0.717) is 12.0 Å². The number of piperidine rings is 1. The number of hydrogen-bond acceptors (Lipinski definition) is 2. The molecule has 1 heterocycles. The van der Waals surface area contributed by atoms with Crippen molar-refractivity contribution in [2.45, 2.75) is 18.9 Å². The van der Waals surface area contributed by atoms with Crippen LogP contribution in [0.2, 0.25) is 0 Å². The molecular formula is C12H13FN2. The smallest absolute Gasteiger partial charge is 0.127 e. The highest BCUT2D eigenvalue weighted by molar-refractivity contribution is 5.22. The summed E-state index contributed by atoms with van der Waals surface area (Å²) in [5.74, 6) is -0.135. The van der Waals surface area contributed by atoms with Gasteiger partial charge in [0.05, 0.1) is 6.07 Å². The molecule has 0 amide bonds. The standard InChI is InChI=1S/C12H13FN2/c13-11-4-2-1-3-10(11)12-7-9(8-14)5-6-15-12/h1-4,9,12,15H,5-7H2. The molecule has 3 heteroatoms. The second kappa shape index (κ2) is 4.41. The fraction of sp³-hybridized carbons (Fsp3) is 0.417. The van der Waals surface area contributed by atoms with Crippen LogP contribution in [-0.2, 0) is 0 Å². The van der Waals surface area contributed by atoms with Crippen LogP contribution in [0.15, 0.2) is 24.3 Å². The van der Waals surface area contributed by atoms with Crippen LogP contribution in [0.4, 0.5) is 4.39 Å². The first-order valence-corrected chi connectivity index (χ1v) is 5.18. The van der Waals surface area contributed by atoms with Gasteiger partial charge in [-0.05, 0) is 25.5 Å². The lowest BCUT2D eigenvalue weighted by atomic mass is 9.89. The van der Waals surface area contributed by atoms with Crippen LogP contribution in [0.5, 0.6) is 0 Å². The normalized spacial score (nSPS) is 25.9. The first kappa shape index (κ1) is 10.1. The van der Waals surface area contributed by atoms with E-state index in [1.807, 2.05) is 6.07 Å². The lowest BCUT2D eigenvalue weighted by Gasteiger charge is -2.27. The molecule has 0 aromatic heterocycles. The van der Waals surface area contributed by atoms with Crippen LogP contribution < -0.4 is 5.32 Å². The predicted molar refractivity (Wildman–Crippen MR) is 55.5 cm³/mol. The quantitative estimate of drug-likeness (QED) is 0.762. The number of nitrogens with one attached hydrogen (secondary N) is 1. The first-order chi connectivity index (χ1) is 7.31. The maximum absolute atomic E-state index is 13.5. The maximum atomic E-state index is 13.5. The van der Waals surface area contributed by atoms with Crippen LogP contribution in [0.25, 0.3) is 0 Å². The van der Waals surface area contributed by atoms with E-state index in [-0.39, 0.29) is 17.8 Å². The van der Waals surface area contributed by atoms with Crippen molar-refractivity contribution in [3.63, 3.8) is 0 Å². The number of hydrogen-bond donors (Lipinski definition) is 1. The van der Waals surface area contributed by atoms with Crippen molar-refractivity contribution in [3.05, 3.63) is 35.6 Å². The van der Waals surface area contributed by atoms with Gasteiger partial charge in [0.15, 0.2) is 0 Å². The molecule has 0 bridgehead atoms. The molecule has 1 aliphatic heterocycles. The van der Waals surface area contributed by atoms with Crippen molar-refractivity contribution in [2.75, 3.05) is 6.54 Å². The monoisotopic (exact) mass is 204 g/mol. The van der Waals surface area contributed by atoms with E-state index >= 15 is 0 Å². The molecule has 1 N–H and O–H groups in total. The molecule has 1 saturated heterocycles. The zero-order chi connectivity index (χ0) is 10.7. The molecule has 0 aliphatic carbocycles. The third-order valence-corrected chi connectivity index (χ3v) is 2.87. The van der Waals surface area contributed by atoms with Gasteiger partial charge < -0.3 is 5.32 Å². The van der Waals surface area contributed by atoms with Crippen LogP contribution in [0.3, 0.4) is 0 Å². The lowest BCUT2D eigenvalue weighted by molar-refractivity contribution is 0.348. The Morgan fingerprint density at radius 1 is 1.40 bits per heavy atom. The second-order valence-electron chi connectivity index (χ2n) is 3.88. The maximum Gasteiger partial charge on any atom is 0.127 e. The van der Waals surface area contributed by atoms with Crippen molar-refractivity contribution >= 4 is 0 Å². The zero-order valence-corrected chi connectivity index (χ0v) is 8.41. The molecule has 1 fully saturated rings. The molecule has 0 spiro atoms. The minimum Gasteiger partial charge on any atom is -0.310 e. The van der Waals surface area contributed by atoms with Crippen LogP contribution >= 0.6 is 0 Å². The summed E-state index contributed by atoms with van der Waals surface area (Å²) in [5, 5.41) is 12.1. The highest BCUT2D eigenvalue weighted by atomic mass is 19.1. The predicted octanol–water partition coefficient (Wildman–Crippen LogP) is 2.39. The average molecular weight is 204 g/mol. The Morgan fingerprint density at radius 2 is 2.20 bits per heavy atom. The molecule has 0 radical (unpaired) electrons. The summed E-state index contributed by atoms with van der Waals surface area (Å²) in [4.78, 5) is 0. The van der Waals surface area contributed by atoms with Gasteiger partial charge in [-0.2, -0.15) is 5.26 Å². The molecule has 0 saturated carbocycles. The van der Waals surface area contributed by atoms with E-state index in [4.69, 9.17) is 5.26 Å². The highest BCUT2D eigenvalue weighted by Gasteiger charge is 2.23. The number of rotatable bonds is 1. The summed E-state index contributed by atoms with van der Waals surface area (Å²) in [5.41, 5.74) is 0.678. The Morgan fingerprint density at radius 3 is 2.93 bits per heavy atom. The van der Waals surface area contributed by atoms with Gasteiger partial charge >= 0.3 is 0 Å². The van der Waals surface area contributed by atoms with Crippen molar-refractivity contribution < 1.29 is 4.39 Å². The van der Waals surface area contributed by atoms with Crippen molar-refractivity contribution in [1.82, 2.24) is 5.32 Å². The average Bonchev–Trinajstić information content (AvgIpc) is 2.30. The molecule has 1 aromatic carbocycles. The fourth-order valence-electron chi connectivity index (χ4n) is 2.03. The summed E-state index contributed by atoms with van der Waals surface area (Å²) >= 11 is 0. The van der Waals surface area contributed by atoms with Gasteiger partial charge in [-0.25, -0.2) is 4.39 Å². The van der Waals surface area contributed by atoms with Crippen molar-refractivity contribution in [2.24, 2.45) is 5.92 Å². The zero-order valence-electron chi connectivity index (χ0n) is 8.41. The first-order valence-electron chi connectivity index (χ1n) is 5.18. The van der Waals surface area contributed by atoms with E-state index in [2.05, 4.69) is 11.4 Å². The third-order valence-electron chi connectivity index (χ3n) is 2.87. The molecule has 2 atom stereocenters. The summed E-state index contributed by atoms with van der Waals surface area (Å²) in [6.45, 7) is 0.789. The fourth-order valence-corrected chi connectivity index (χ4v) is 2.03. The molecule has 1 aromatic rings. The van der Waals surface area contributed by atoms with E-state index < -0.39 is 0 Å². The summed E-state index contributed by atoms with van der Waals surface area (Å²) in [6.07, 6.45) is 1.57. The molecular weight excluding hydrogens is 191 g/mol. The molecule has 2 unspecified atom stereocenters. The minimum absolute atomic E-state index is 0.00963. The lowest BCUT2D eigenvalue weighted by Crippen LogP contribution is -2.31. The Bertz CT molecular complexity index is 383. The van der Waals surface area contributed by atoms with Crippen LogP contribution in [0.1, 0.15) is 24.4 Å². The van der Waals surface area contributed by atoms with Crippen molar-refractivity contribution in [1.29, 1.82) is 5.26 Å². The van der Waals surface area contributed by atoms with Gasteiger partial charge in [0.25, 0.3) is 0 Å². The van der Waals surface area contributed by atoms with Gasteiger partial charge in [-0.1, -0.05) is 18.2 Å². The van der Waals surface area contributed by atoms with E-state index in [0.717, 1.165) is 13.0 Å². The highest BCUT2D eigenvalue weighted by Crippen LogP contribution is 2.28. The number of benzene rings is 1. The molecule has 2 nitrogen and oxygen atoms in total.